The van der Waals surface area contributed by atoms with Gasteiger partial charge in [0.05, 0.1) is 6.10 Å². The van der Waals surface area contributed by atoms with E-state index < -0.39 is 8.32 Å². The summed E-state index contributed by atoms with van der Waals surface area (Å²) in [7, 11) is -1.48. The molecule has 16 heavy (non-hydrogen) atoms. The van der Waals surface area contributed by atoms with Crippen molar-refractivity contribution in [2.75, 3.05) is 0 Å². The van der Waals surface area contributed by atoms with Crippen LogP contribution < -0.4 is 0 Å². The molecule has 1 atom stereocenters. The normalized spacial score (nSPS) is 14.2. The molecule has 0 saturated carbocycles. The molecule has 1 nitrogen and oxygen atoms in total. The van der Waals surface area contributed by atoms with Crippen LogP contribution in [0, 0.1) is 5.41 Å². The Hall–Kier alpha value is -0.603. The topological polar surface area (TPSA) is 9.23 Å². The fourth-order valence-corrected chi connectivity index (χ4v) is 2.54. The second-order valence-electron chi connectivity index (χ2n) is 5.46. The number of allylic oxidation sites excluding steroid dienone is 2. The maximum absolute atomic E-state index is 6.02. The van der Waals surface area contributed by atoms with Crippen molar-refractivity contribution >= 4 is 8.32 Å². The Morgan fingerprint density at radius 1 is 1.19 bits per heavy atom. The van der Waals surface area contributed by atoms with Crippen molar-refractivity contribution < 1.29 is 4.43 Å². The predicted molar refractivity (Wildman–Crippen MR) is 76.2 cm³/mol. The van der Waals surface area contributed by atoms with Crippen molar-refractivity contribution in [2.24, 2.45) is 5.41 Å². The first-order valence-corrected chi connectivity index (χ1v) is 9.25. The van der Waals surface area contributed by atoms with E-state index in [1.165, 1.54) is 0 Å². The summed E-state index contributed by atoms with van der Waals surface area (Å²) in [4.78, 5) is 0. The summed E-state index contributed by atoms with van der Waals surface area (Å²) in [6, 6.07) is 0. The van der Waals surface area contributed by atoms with Crippen LogP contribution in [0.25, 0.3) is 0 Å². The maximum Gasteiger partial charge on any atom is 0.184 e. The molecule has 0 saturated heterocycles. The fraction of sp³-hybridized carbons (Fsp3) is 0.571. The van der Waals surface area contributed by atoms with Crippen LogP contribution in [0.15, 0.2) is 38.0 Å². The SMILES string of the molecule is C=CC(CCC(C)(C=C)C=C)O[Si](C)(C)C. The van der Waals surface area contributed by atoms with Crippen LogP contribution in [-0.2, 0) is 4.43 Å². The Balaban J connectivity index is 4.30. The van der Waals surface area contributed by atoms with Gasteiger partial charge < -0.3 is 4.43 Å². The highest BCUT2D eigenvalue weighted by molar-refractivity contribution is 6.69. The summed E-state index contributed by atoms with van der Waals surface area (Å²) in [5, 5.41) is 0. The second kappa shape index (κ2) is 6.21. The summed E-state index contributed by atoms with van der Waals surface area (Å²) in [6.45, 7) is 20.3. The third-order valence-corrected chi connectivity index (χ3v) is 3.68. The smallest absolute Gasteiger partial charge is 0.184 e. The molecule has 0 rings (SSSR count). The first-order chi connectivity index (χ1) is 7.26. The predicted octanol–water partition coefficient (Wildman–Crippen LogP) is 4.55. The monoisotopic (exact) mass is 238 g/mol. The Morgan fingerprint density at radius 2 is 1.69 bits per heavy atom. The Labute approximate surface area is 102 Å². The highest BCUT2D eigenvalue weighted by atomic mass is 28.4. The lowest BCUT2D eigenvalue weighted by atomic mass is 9.85. The highest BCUT2D eigenvalue weighted by Crippen LogP contribution is 2.27. The molecule has 92 valence electrons. The summed E-state index contributed by atoms with van der Waals surface area (Å²) in [5.74, 6) is 0. The van der Waals surface area contributed by atoms with E-state index in [2.05, 4.69) is 46.3 Å². The van der Waals surface area contributed by atoms with E-state index in [-0.39, 0.29) is 11.5 Å². The minimum Gasteiger partial charge on any atom is -0.411 e. The van der Waals surface area contributed by atoms with E-state index in [1.807, 2.05) is 18.2 Å². The zero-order valence-corrected chi connectivity index (χ0v) is 12.3. The van der Waals surface area contributed by atoms with Gasteiger partial charge in [-0.15, -0.1) is 19.7 Å². The molecule has 0 aromatic heterocycles. The van der Waals surface area contributed by atoms with Crippen LogP contribution in [0.3, 0.4) is 0 Å². The van der Waals surface area contributed by atoms with E-state index in [1.54, 1.807) is 0 Å². The molecule has 0 heterocycles. The summed E-state index contributed by atoms with van der Waals surface area (Å²) in [5.41, 5.74) is 0.00403. The Bertz CT molecular complexity index is 242. The average molecular weight is 238 g/mol. The van der Waals surface area contributed by atoms with Gasteiger partial charge in [0.2, 0.25) is 0 Å². The van der Waals surface area contributed by atoms with Gasteiger partial charge in [-0.1, -0.05) is 25.2 Å². The molecule has 0 aliphatic carbocycles. The van der Waals surface area contributed by atoms with Gasteiger partial charge in [-0.3, -0.25) is 0 Å². The van der Waals surface area contributed by atoms with Crippen molar-refractivity contribution in [3.8, 4) is 0 Å². The number of hydrogen-bond donors (Lipinski definition) is 0. The van der Waals surface area contributed by atoms with Gasteiger partial charge in [-0.25, -0.2) is 0 Å². The van der Waals surface area contributed by atoms with Crippen molar-refractivity contribution in [1.82, 2.24) is 0 Å². The molecule has 0 aliphatic heterocycles. The van der Waals surface area contributed by atoms with E-state index in [0.29, 0.717) is 0 Å². The quantitative estimate of drug-likeness (QED) is 0.445. The van der Waals surface area contributed by atoms with Crippen molar-refractivity contribution in [2.45, 2.75) is 45.5 Å². The Kier molecular flexibility index (Phi) is 5.98. The van der Waals surface area contributed by atoms with E-state index in [0.717, 1.165) is 12.8 Å². The largest absolute Gasteiger partial charge is 0.411 e. The fourth-order valence-electron chi connectivity index (χ4n) is 1.42. The van der Waals surface area contributed by atoms with Crippen LogP contribution in [0.2, 0.25) is 19.6 Å². The zero-order valence-electron chi connectivity index (χ0n) is 11.3. The molecule has 0 amide bonds. The van der Waals surface area contributed by atoms with Gasteiger partial charge in [0, 0.05) is 5.41 Å². The summed E-state index contributed by atoms with van der Waals surface area (Å²) >= 11 is 0. The van der Waals surface area contributed by atoms with Gasteiger partial charge in [0.1, 0.15) is 0 Å². The van der Waals surface area contributed by atoms with Gasteiger partial charge in [0.15, 0.2) is 8.32 Å². The molecule has 0 bridgehead atoms. The van der Waals surface area contributed by atoms with Gasteiger partial charge in [-0.05, 0) is 32.5 Å². The molecule has 0 aromatic carbocycles. The lowest BCUT2D eigenvalue weighted by Gasteiger charge is -2.27. The molecule has 0 fully saturated rings. The number of rotatable bonds is 8. The summed E-state index contributed by atoms with van der Waals surface area (Å²) < 4.78 is 6.02. The van der Waals surface area contributed by atoms with Crippen molar-refractivity contribution in [3.05, 3.63) is 38.0 Å². The van der Waals surface area contributed by atoms with Crippen molar-refractivity contribution in [3.63, 3.8) is 0 Å². The molecule has 1 unspecified atom stereocenters. The standard InChI is InChI=1S/C14H26OSi/c1-8-13(15-16(5,6)7)11-12-14(4,9-2)10-3/h8-10,13H,1-3,11-12H2,4-7H3. The molecule has 0 aliphatic rings. The van der Waals surface area contributed by atoms with Crippen molar-refractivity contribution in [1.29, 1.82) is 0 Å². The molecule has 2 heteroatoms. The number of hydrogen-bond acceptors (Lipinski definition) is 1. The van der Waals surface area contributed by atoms with Crippen LogP contribution in [0.4, 0.5) is 0 Å². The van der Waals surface area contributed by atoms with Crippen LogP contribution in [-0.4, -0.2) is 14.4 Å². The Morgan fingerprint density at radius 3 is 2.00 bits per heavy atom. The lowest BCUT2D eigenvalue weighted by molar-refractivity contribution is 0.216. The van der Waals surface area contributed by atoms with E-state index in [9.17, 15) is 0 Å². The average Bonchev–Trinajstić information content (AvgIpc) is 2.22. The zero-order chi connectivity index (χ0) is 12.8. The summed E-state index contributed by atoms with van der Waals surface area (Å²) in [6.07, 6.45) is 7.95. The minimum atomic E-state index is -1.48. The van der Waals surface area contributed by atoms with Crippen LogP contribution in [0.1, 0.15) is 19.8 Å². The molecular formula is C14H26OSi. The first kappa shape index (κ1) is 15.4. The minimum absolute atomic E-state index is 0.00403. The first-order valence-electron chi connectivity index (χ1n) is 5.84. The molecule has 0 aromatic rings. The van der Waals surface area contributed by atoms with E-state index in [4.69, 9.17) is 4.43 Å². The molecule has 0 spiro atoms. The molecule has 0 radical (unpaired) electrons. The van der Waals surface area contributed by atoms with Gasteiger partial charge in [0.25, 0.3) is 0 Å². The molecule has 0 N–H and O–H groups in total. The molecular weight excluding hydrogens is 212 g/mol. The second-order valence-corrected chi connectivity index (χ2v) is 9.92. The van der Waals surface area contributed by atoms with Crippen LogP contribution in [0.5, 0.6) is 0 Å². The van der Waals surface area contributed by atoms with E-state index >= 15 is 0 Å². The maximum atomic E-state index is 6.02. The van der Waals surface area contributed by atoms with Gasteiger partial charge in [-0.2, -0.15) is 0 Å². The third-order valence-electron chi connectivity index (χ3n) is 2.67. The highest BCUT2D eigenvalue weighted by Gasteiger charge is 2.22. The lowest BCUT2D eigenvalue weighted by Crippen LogP contribution is -2.31. The van der Waals surface area contributed by atoms with Gasteiger partial charge >= 0.3 is 0 Å². The third kappa shape index (κ3) is 6.08. The van der Waals surface area contributed by atoms with Crippen LogP contribution >= 0.6 is 0 Å².